The number of rotatable bonds is 3. The van der Waals surface area contributed by atoms with Crippen LogP contribution in [0.2, 0.25) is 0 Å². The summed E-state index contributed by atoms with van der Waals surface area (Å²) in [4.78, 5) is 4.71. The van der Waals surface area contributed by atoms with Crippen molar-refractivity contribution < 1.29 is 0 Å². The lowest BCUT2D eigenvalue weighted by molar-refractivity contribution is 0.0381. The molecular formula is C24H27N3. The van der Waals surface area contributed by atoms with E-state index in [1.54, 1.807) is 0 Å². The Kier molecular flexibility index (Phi) is 5.13. The summed E-state index contributed by atoms with van der Waals surface area (Å²) in [6, 6.07) is 15.8. The molecule has 2 saturated carbocycles. The number of fused-ring (bicyclic) bond motifs is 1. The third-order valence-electron chi connectivity index (χ3n) is 7.12. The Morgan fingerprint density at radius 3 is 2.67 bits per heavy atom. The van der Waals surface area contributed by atoms with Crippen molar-refractivity contribution in [3.8, 4) is 12.1 Å². The van der Waals surface area contributed by atoms with E-state index in [9.17, 15) is 10.5 Å². The van der Waals surface area contributed by atoms with E-state index in [0.717, 1.165) is 57.1 Å². The molecule has 1 aromatic heterocycles. The molecule has 0 saturated heterocycles. The Labute approximate surface area is 162 Å². The number of pyridine rings is 1. The first-order chi connectivity index (χ1) is 13.3. The first-order valence-corrected chi connectivity index (χ1v) is 10.4. The van der Waals surface area contributed by atoms with E-state index in [2.05, 4.69) is 42.5 Å². The highest BCUT2D eigenvalue weighted by Crippen LogP contribution is 2.54. The summed E-state index contributed by atoms with van der Waals surface area (Å²) < 4.78 is 0. The molecule has 0 radical (unpaired) electrons. The predicted molar refractivity (Wildman–Crippen MR) is 107 cm³/mol. The number of hydrogen-bond donors (Lipinski definition) is 0. The van der Waals surface area contributed by atoms with Gasteiger partial charge in [-0.25, -0.2) is 0 Å². The lowest BCUT2D eigenvalue weighted by Crippen LogP contribution is -2.44. The molecule has 0 bridgehead atoms. The van der Waals surface area contributed by atoms with Crippen molar-refractivity contribution in [2.45, 2.75) is 57.8 Å². The normalized spacial score (nSPS) is 31.1. The zero-order chi connectivity index (χ0) is 18.7. The van der Waals surface area contributed by atoms with Crippen LogP contribution in [-0.4, -0.2) is 4.98 Å². The minimum absolute atomic E-state index is 0.0412. The average Bonchev–Trinajstić information content (AvgIpc) is 2.74. The van der Waals surface area contributed by atoms with Crippen molar-refractivity contribution in [1.29, 1.82) is 10.5 Å². The number of benzene rings is 1. The fraction of sp³-hybridized carbons (Fsp3) is 0.542. The van der Waals surface area contributed by atoms with E-state index in [1.807, 2.05) is 6.20 Å². The van der Waals surface area contributed by atoms with E-state index < -0.39 is 0 Å². The molecule has 2 aromatic rings. The zero-order valence-corrected chi connectivity index (χ0v) is 15.9. The van der Waals surface area contributed by atoms with Gasteiger partial charge in [-0.3, -0.25) is 4.98 Å². The first-order valence-electron chi connectivity index (χ1n) is 10.4. The summed E-state index contributed by atoms with van der Waals surface area (Å²) in [6.45, 7) is 0. The molecule has 4 atom stereocenters. The molecule has 3 heteroatoms. The van der Waals surface area contributed by atoms with E-state index >= 15 is 0 Å². The Balaban J connectivity index is 1.71. The molecule has 0 unspecified atom stereocenters. The van der Waals surface area contributed by atoms with Crippen LogP contribution in [0, 0.1) is 45.8 Å². The van der Waals surface area contributed by atoms with Crippen molar-refractivity contribution in [3.05, 3.63) is 42.2 Å². The van der Waals surface area contributed by atoms with Gasteiger partial charge in [0.2, 0.25) is 0 Å². The Bertz CT molecular complexity index is 885. The van der Waals surface area contributed by atoms with E-state index in [1.165, 1.54) is 17.2 Å². The summed E-state index contributed by atoms with van der Waals surface area (Å²) in [6.07, 6.45) is 11.3. The largest absolute Gasteiger partial charge is 0.261 e. The van der Waals surface area contributed by atoms with Crippen molar-refractivity contribution >= 4 is 10.8 Å². The van der Waals surface area contributed by atoms with Crippen LogP contribution in [0.3, 0.4) is 0 Å². The van der Waals surface area contributed by atoms with Crippen LogP contribution in [-0.2, 0) is 6.42 Å². The fourth-order valence-corrected chi connectivity index (χ4v) is 5.75. The van der Waals surface area contributed by atoms with Crippen LogP contribution in [0.4, 0.5) is 0 Å². The SMILES string of the molecule is N#C[C@H]1CCCC[C@H]1[C@]1(C#N)CCCC[C@@H]1Cc1nccc2ccccc12. The van der Waals surface area contributed by atoms with Gasteiger partial charge < -0.3 is 0 Å². The second kappa shape index (κ2) is 7.69. The minimum Gasteiger partial charge on any atom is -0.261 e. The number of hydrogen-bond acceptors (Lipinski definition) is 3. The summed E-state index contributed by atoms with van der Waals surface area (Å²) in [5.74, 6) is 0.564. The number of nitriles is 2. The summed E-state index contributed by atoms with van der Waals surface area (Å²) in [5.41, 5.74) is 0.751. The van der Waals surface area contributed by atoms with Crippen LogP contribution >= 0.6 is 0 Å². The summed E-state index contributed by atoms with van der Waals surface area (Å²) in [5, 5.41) is 22.6. The van der Waals surface area contributed by atoms with Gasteiger partial charge in [-0.05, 0) is 55.4 Å². The fourth-order valence-electron chi connectivity index (χ4n) is 5.75. The molecule has 0 spiro atoms. The highest BCUT2D eigenvalue weighted by atomic mass is 14.7. The molecule has 2 fully saturated rings. The third kappa shape index (κ3) is 3.21. The molecule has 1 aromatic carbocycles. The second-order valence-corrected chi connectivity index (χ2v) is 8.40. The smallest absolute Gasteiger partial charge is 0.0696 e. The Morgan fingerprint density at radius 1 is 1.00 bits per heavy atom. The van der Waals surface area contributed by atoms with Gasteiger partial charge in [0.25, 0.3) is 0 Å². The van der Waals surface area contributed by atoms with Gasteiger partial charge >= 0.3 is 0 Å². The average molecular weight is 358 g/mol. The quantitative estimate of drug-likeness (QED) is 0.696. The lowest BCUT2D eigenvalue weighted by atomic mass is 9.54. The topological polar surface area (TPSA) is 60.5 Å². The van der Waals surface area contributed by atoms with Gasteiger partial charge in [0.05, 0.1) is 23.5 Å². The van der Waals surface area contributed by atoms with E-state index in [4.69, 9.17) is 4.98 Å². The zero-order valence-electron chi connectivity index (χ0n) is 15.9. The maximum Gasteiger partial charge on any atom is 0.0696 e. The van der Waals surface area contributed by atoms with Crippen LogP contribution in [0.5, 0.6) is 0 Å². The highest BCUT2D eigenvalue weighted by Gasteiger charge is 2.50. The minimum atomic E-state index is -0.363. The molecule has 0 aliphatic heterocycles. The molecule has 2 aliphatic rings. The molecule has 3 nitrogen and oxygen atoms in total. The van der Waals surface area contributed by atoms with Crippen LogP contribution in [0.25, 0.3) is 10.8 Å². The standard InChI is InChI=1S/C24H27N3/c25-16-19-8-2-4-11-22(19)24(17-26)13-6-5-9-20(24)15-23-21-10-3-1-7-18(21)12-14-27-23/h1,3,7,10,12,14,19-20,22H,2,4-6,8-9,11,13,15H2/t19-,20-,22-,24+/m1/s1. The molecule has 0 N–H and O–H groups in total. The van der Waals surface area contributed by atoms with E-state index in [-0.39, 0.29) is 17.3 Å². The molecule has 1 heterocycles. The second-order valence-electron chi connectivity index (χ2n) is 8.40. The van der Waals surface area contributed by atoms with Gasteiger partial charge in [0.1, 0.15) is 0 Å². The monoisotopic (exact) mass is 357 g/mol. The van der Waals surface area contributed by atoms with Crippen LogP contribution in [0.1, 0.15) is 57.1 Å². The first kappa shape index (κ1) is 18.0. The van der Waals surface area contributed by atoms with E-state index in [0.29, 0.717) is 5.92 Å². The predicted octanol–water partition coefficient (Wildman–Crippen LogP) is 5.81. The molecular weight excluding hydrogens is 330 g/mol. The molecule has 27 heavy (non-hydrogen) atoms. The van der Waals surface area contributed by atoms with Crippen LogP contribution < -0.4 is 0 Å². The molecule has 138 valence electrons. The van der Waals surface area contributed by atoms with Gasteiger partial charge in [0.15, 0.2) is 0 Å². The third-order valence-corrected chi connectivity index (χ3v) is 7.12. The van der Waals surface area contributed by atoms with Crippen LogP contribution in [0.15, 0.2) is 36.5 Å². The van der Waals surface area contributed by atoms with Gasteiger partial charge in [-0.15, -0.1) is 0 Å². The number of aromatic nitrogens is 1. The van der Waals surface area contributed by atoms with Gasteiger partial charge in [-0.1, -0.05) is 49.9 Å². The Hall–Kier alpha value is -2.39. The van der Waals surface area contributed by atoms with Crippen molar-refractivity contribution in [3.63, 3.8) is 0 Å². The maximum absolute atomic E-state index is 10.4. The number of nitrogens with zero attached hydrogens (tertiary/aromatic N) is 3. The van der Waals surface area contributed by atoms with Crippen molar-refractivity contribution in [1.82, 2.24) is 4.98 Å². The lowest BCUT2D eigenvalue weighted by Gasteiger charge is -2.47. The Morgan fingerprint density at radius 2 is 1.81 bits per heavy atom. The van der Waals surface area contributed by atoms with Crippen molar-refractivity contribution in [2.24, 2.45) is 23.2 Å². The van der Waals surface area contributed by atoms with Gasteiger partial charge in [-0.2, -0.15) is 10.5 Å². The molecule has 4 rings (SSSR count). The maximum atomic E-state index is 10.4. The van der Waals surface area contributed by atoms with Gasteiger partial charge in [0, 0.05) is 17.3 Å². The molecule has 0 amide bonds. The van der Waals surface area contributed by atoms with Crippen molar-refractivity contribution in [2.75, 3.05) is 0 Å². The summed E-state index contributed by atoms with van der Waals surface area (Å²) >= 11 is 0. The molecule has 2 aliphatic carbocycles. The summed E-state index contributed by atoms with van der Waals surface area (Å²) in [7, 11) is 0. The highest BCUT2D eigenvalue weighted by molar-refractivity contribution is 5.84.